The lowest BCUT2D eigenvalue weighted by Crippen LogP contribution is -2.41. The van der Waals surface area contributed by atoms with Crippen LogP contribution >= 0.6 is 0 Å². The van der Waals surface area contributed by atoms with Gasteiger partial charge in [0.2, 0.25) is 5.91 Å². The number of nitrogens with one attached hydrogen (secondary N) is 1. The van der Waals surface area contributed by atoms with Crippen molar-refractivity contribution in [1.29, 1.82) is 0 Å². The van der Waals surface area contributed by atoms with Crippen molar-refractivity contribution in [2.75, 3.05) is 13.1 Å². The minimum atomic E-state index is -0.558. The fourth-order valence-electron chi connectivity index (χ4n) is 2.79. The lowest BCUT2D eigenvalue weighted by atomic mass is 10.0. The van der Waals surface area contributed by atoms with E-state index in [4.69, 9.17) is 0 Å². The summed E-state index contributed by atoms with van der Waals surface area (Å²) < 4.78 is 1.22. The van der Waals surface area contributed by atoms with E-state index in [9.17, 15) is 14.4 Å². The summed E-state index contributed by atoms with van der Waals surface area (Å²) in [5.41, 5.74) is 1.48. The molecule has 6 nitrogen and oxygen atoms in total. The van der Waals surface area contributed by atoms with Crippen molar-refractivity contribution < 1.29 is 4.79 Å². The van der Waals surface area contributed by atoms with Crippen molar-refractivity contribution in [3.63, 3.8) is 0 Å². The number of aromatic amines is 1. The van der Waals surface area contributed by atoms with Gasteiger partial charge in [0.1, 0.15) is 6.54 Å². The van der Waals surface area contributed by atoms with E-state index >= 15 is 0 Å². The van der Waals surface area contributed by atoms with Crippen LogP contribution in [0, 0.1) is 0 Å². The highest BCUT2D eigenvalue weighted by molar-refractivity contribution is 5.76. The van der Waals surface area contributed by atoms with Crippen LogP contribution in [0.15, 0.2) is 57.8 Å². The molecule has 0 unspecified atom stereocenters. The molecule has 124 valence electrons. The van der Waals surface area contributed by atoms with Crippen molar-refractivity contribution >= 4 is 12.0 Å². The number of nitrogens with zero attached hydrogens (tertiary/aromatic N) is 2. The first-order chi connectivity index (χ1) is 11.6. The van der Waals surface area contributed by atoms with Gasteiger partial charge >= 0.3 is 5.69 Å². The van der Waals surface area contributed by atoms with E-state index in [-0.39, 0.29) is 12.5 Å². The molecule has 1 fully saturated rings. The highest BCUT2D eigenvalue weighted by Gasteiger charge is 2.19. The number of carbonyl (C=O) groups excluding carboxylic acids is 1. The number of piperidine rings is 1. The number of rotatable bonds is 3. The average Bonchev–Trinajstić information content (AvgIpc) is 2.59. The number of hydrogen-bond acceptors (Lipinski definition) is 3. The first-order valence-corrected chi connectivity index (χ1v) is 7.94. The van der Waals surface area contributed by atoms with Gasteiger partial charge in [-0.2, -0.15) is 0 Å². The molecule has 0 radical (unpaired) electrons. The number of likely N-dealkylation sites (tertiary alicyclic amines) is 1. The zero-order valence-corrected chi connectivity index (χ0v) is 13.3. The van der Waals surface area contributed by atoms with Gasteiger partial charge in [-0.15, -0.1) is 0 Å². The van der Waals surface area contributed by atoms with Gasteiger partial charge in [0.05, 0.1) is 0 Å². The Labute approximate surface area is 139 Å². The van der Waals surface area contributed by atoms with Crippen LogP contribution in [0.25, 0.3) is 6.08 Å². The quantitative estimate of drug-likeness (QED) is 0.922. The van der Waals surface area contributed by atoms with E-state index in [1.165, 1.54) is 28.0 Å². The topological polar surface area (TPSA) is 75.2 Å². The zero-order chi connectivity index (χ0) is 16.9. The monoisotopic (exact) mass is 325 g/mol. The summed E-state index contributed by atoms with van der Waals surface area (Å²) in [7, 11) is 0. The molecule has 0 saturated carbocycles. The van der Waals surface area contributed by atoms with Crippen LogP contribution < -0.4 is 11.2 Å². The second-order valence-electron chi connectivity index (χ2n) is 5.83. The molecule has 0 bridgehead atoms. The number of carbonyl (C=O) groups is 1. The van der Waals surface area contributed by atoms with Gasteiger partial charge in [0.15, 0.2) is 0 Å². The predicted molar refractivity (Wildman–Crippen MR) is 91.6 cm³/mol. The molecule has 1 aromatic carbocycles. The van der Waals surface area contributed by atoms with Crippen molar-refractivity contribution in [1.82, 2.24) is 14.5 Å². The Morgan fingerprint density at radius 3 is 2.46 bits per heavy atom. The van der Waals surface area contributed by atoms with E-state index in [0.717, 1.165) is 12.8 Å². The summed E-state index contributed by atoms with van der Waals surface area (Å²) in [6.45, 7) is 1.25. The van der Waals surface area contributed by atoms with Crippen LogP contribution in [0.1, 0.15) is 18.4 Å². The number of benzene rings is 1. The van der Waals surface area contributed by atoms with Crippen LogP contribution in [0.4, 0.5) is 0 Å². The van der Waals surface area contributed by atoms with Crippen molar-refractivity contribution in [3.05, 3.63) is 74.6 Å². The Hall–Kier alpha value is -2.89. The molecule has 0 spiro atoms. The van der Waals surface area contributed by atoms with Crippen LogP contribution in [0.2, 0.25) is 0 Å². The lowest BCUT2D eigenvalue weighted by molar-refractivity contribution is -0.132. The molecule has 24 heavy (non-hydrogen) atoms. The van der Waals surface area contributed by atoms with Gasteiger partial charge in [0, 0.05) is 25.4 Å². The van der Waals surface area contributed by atoms with Gasteiger partial charge in [-0.05, 0) is 18.4 Å². The van der Waals surface area contributed by atoms with E-state index in [1.54, 1.807) is 4.90 Å². The predicted octanol–water partition coefficient (Wildman–Crippen LogP) is 1.24. The summed E-state index contributed by atoms with van der Waals surface area (Å²) in [4.78, 5) is 38.9. The smallest absolute Gasteiger partial charge is 0.328 e. The summed E-state index contributed by atoms with van der Waals surface area (Å²) >= 11 is 0. The van der Waals surface area contributed by atoms with E-state index < -0.39 is 11.2 Å². The summed E-state index contributed by atoms with van der Waals surface area (Å²) in [5, 5.41) is 0. The van der Waals surface area contributed by atoms with Gasteiger partial charge in [-0.3, -0.25) is 19.1 Å². The molecule has 1 saturated heterocycles. The molecule has 0 aliphatic carbocycles. The number of amides is 1. The molecular formula is C18H19N3O3. The Morgan fingerprint density at radius 2 is 1.79 bits per heavy atom. The van der Waals surface area contributed by atoms with E-state index in [0.29, 0.717) is 13.1 Å². The minimum absolute atomic E-state index is 0.0483. The molecule has 2 heterocycles. The van der Waals surface area contributed by atoms with Crippen molar-refractivity contribution in [3.8, 4) is 0 Å². The summed E-state index contributed by atoms with van der Waals surface area (Å²) in [6, 6.07) is 11.4. The SMILES string of the molecule is O=C(Cn1ccc(=O)[nH]c1=O)N1CCC(=Cc2ccccc2)CC1. The van der Waals surface area contributed by atoms with Gasteiger partial charge in [0.25, 0.3) is 5.56 Å². The third-order valence-corrected chi connectivity index (χ3v) is 4.13. The maximum absolute atomic E-state index is 12.3. The molecule has 1 N–H and O–H groups in total. The number of hydrogen-bond donors (Lipinski definition) is 1. The Balaban J connectivity index is 1.60. The van der Waals surface area contributed by atoms with Gasteiger partial charge in [-0.25, -0.2) is 4.79 Å². The van der Waals surface area contributed by atoms with Gasteiger partial charge in [-0.1, -0.05) is 42.0 Å². The summed E-state index contributed by atoms with van der Waals surface area (Å²) in [5.74, 6) is -0.108. The van der Waals surface area contributed by atoms with Gasteiger partial charge < -0.3 is 4.90 Å². The molecule has 1 amide bonds. The zero-order valence-electron chi connectivity index (χ0n) is 13.3. The van der Waals surface area contributed by atoms with Crippen LogP contribution in [0.3, 0.4) is 0 Å². The molecule has 1 aromatic heterocycles. The Kier molecular flexibility index (Phi) is 4.74. The van der Waals surface area contributed by atoms with E-state index in [1.807, 2.05) is 18.2 Å². The molecular weight excluding hydrogens is 306 g/mol. The molecule has 1 aliphatic heterocycles. The average molecular weight is 325 g/mol. The largest absolute Gasteiger partial charge is 0.341 e. The molecule has 0 atom stereocenters. The fourth-order valence-corrected chi connectivity index (χ4v) is 2.79. The van der Waals surface area contributed by atoms with Crippen LogP contribution in [-0.4, -0.2) is 33.4 Å². The standard InChI is InChI=1S/C18H19N3O3/c22-16-8-11-21(18(24)19-16)13-17(23)20-9-6-15(7-10-20)12-14-4-2-1-3-5-14/h1-5,8,11-12H,6-7,9-10,13H2,(H,19,22,24). The second-order valence-corrected chi connectivity index (χ2v) is 5.83. The maximum atomic E-state index is 12.3. The second kappa shape index (κ2) is 7.12. The molecule has 2 aromatic rings. The Morgan fingerprint density at radius 1 is 1.08 bits per heavy atom. The van der Waals surface area contributed by atoms with Crippen molar-refractivity contribution in [2.45, 2.75) is 19.4 Å². The van der Waals surface area contributed by atoms with Crippen molar-refractivity contribution in [2.24, 2.45) is 0 Å². The molecule has 3 rings (SSSR count). The highest BCUT2D eigenvalue weighted by atomic mass is 16.2. The minimum Gasteiger partial charge on any atom is -0.341 e. The summed E-state index contributed by atoms with van der Waals surface area (Å²) in [6.07, 6.45) is 5.19. The number of aromatic nitrogens is 2. The third-order valence-electron chi connectivity index (χ3n) is 4.13. The Bertz CT molecular complexity index is 855. The first-order valence-electron chi connectivity index (χ1n) is 7.94. The maximum Gasteiger partial charge on any atom is 0.328 e. The molecule has 6 heteroatoms. The highest BCUT2D eigenvalue weighted by Crippen LogP contribution is 2.19. The van der Waals surface area contributed by atoms with E-state index in [2.05, 4.69) is 23.2 Å². The van der Waals surface area contributed by atoms with Crippen LogP contribution in [-0.2, 0) is 11.3 Å². The molecule has 1 aliphatic rings. The lowest BCUT2D eigenvalue weighted by Gasteiger charge is -2.28. The fraction of sp³-hybridized carbons (Fsp3) is 0.278. The normalized spacial score (nSPS) is 14.5. The third kappa shape index (κ3) is 3.90. The number of H-pyrrole nitrogens is 1. The first kappa shape index (κ1) is 16.0. The van der Waals surface area contributed by atoms with Crippen LogP contribution in [0.5, 0.6) is 0 Å².